The van der Waals surface area contributed by atoms with Crippen molar-refractivity contribution in [1.29, 1.82) is 0 Å². The van der Waals surface area contributed by atoms with Crippen molar-refractivity contribution in [2.75, 3.05) is 26.4 Å². The minimum Gasteiger partial charge on any atom is -0.491 e. The summed E-state index contributed by atoms with van der Waals surface area (Å²) in [6, 6.07) is 4.83. The van der Waals surface area contributed by atoms with Gasteiger partial charge >= 0.3 is 0 Å². The number of rotatable bonds is 2. The Morgan fingerprint density at radius 3 is 2.88 bits per heavy atom. The molecule has 0 spiro atoms. The molecule has 1 fully saturated rings. The maximum atomic E-state index is 12.8. The van der Waals surface area contributed by atoms with Gasteiger partial charge in [0.05, 0.1) is 25.1 Å². The molecule has 0 bridgehead atoms. The molecule has 1 aromatic carbocycles. The number of hydroxylamine groups is 1. The van der Waals surface area contributed by atoms with E-state index in [0.29, 0.717) is 31.1 Å². The fraction of sp³-hybridized carbons (Fsp3) is 0.529. The van der Waals surface area contributed by atoms with Gasteiger partial charge in [0.2, 0.25) is 5.91 Å². The van der Waals surface area contributed by atoms with Crippen LogP contribution >= 0.6 is 0 Å². The topological polar surface area (TPSA) is 88.1 Å². The second-order valence-corrected chi connectivity index (χ2v) is 6.16. The van der Waals surface area contributed by atoms with Crippen LogP contribution in [0.1, 0.15) is 41.7 Å². The monoisotopic (exact) mass is 334 g/mol. The number of carbonyl (C=O) groups is 2. The number of hydrogen-bond acceptors (Lipinski definition) is 5. The van der Waals surface area contributed by atoms with Gasteiger partial charge in [-0.2, -0.15) is 0 Å². The van der Waals surface area contributed by atoms with Crippen molar-refractivity contribution >= 4 is 11.8 Å². The largest absolute Gasteiger partial charge is 0.491 e. The van der Waals surface area contributed by atoms with Crippen LogP contribution < -0.4 is 10.2 Å². The first-order chi connectivity index (χ1) is 11.6. The van der Waals surface area contributed by atoms with E-state index < -0.39 is 5.91 Å². The smallest absolute Gasteiger partial charge is 0.274 e. The molecule has 1 saturated heterocycles. The van der Waals surface area contributed by atoms with E-state index in [0.717, 1.165) is 25.0 Å². The molecule has 0 radical (unpaired) electrons. The van der Waals surface area contributed by atoms with Crippen molar-refractivity contribution in [1.82, 2.24) is 10.4 Å². The molecule has 2 aliphatic heterocycles. The lowest BCUT2D eigenvalue weighted by atomic mass is 9.98. The number of benzene rings is 1. The molecule has 0 aliphatic carbocycles. The Kier molecular flexibility index (Phi) is 5.01. The average molecular weight is 334 g/mol. The average Bonchev–Trinajstić information content (AvgIpc) is 2.79. The zero-order valence-electron chi connectivity index (χ0n) is 13.7. The molecule has 0 aromatic heterocycles. The normalized spacial score (nSPS) is 23.7. The van der Waals surface area contributed by atoms with Gasteiger partial charge in [0, 0.05) is 17.7 Å². The first kappa shape index (κ1) is 16.7. The van der Waals surface area contributed by atoms with Crippen molar-refractivity contribution in [2.24, 2.45) is 5.92 Å². The fourth-order valence-electron chi connectivity index (χ4n) is 3.30. The molecule has 7 heteroatoms. The molecule has 24 heavy (non-hydrogen) atoms. The Hall–Kier alpha value is -2.12. The fourth-order valence-corrected chi connectivity index (χ4v) is 3.30. The van der Waals surface area contributed by atoms with Crippen molar-refractivity contribution < 1.29 is 24.3 Å². The van der Waals surface area contributed by atoms with Gasteiger partial charge in [-0.3, -0.25) is 14.8 Å². The highest BCUT2D eigenvalue weighted by Crippen LogP contribution is 2.34. The van der Waals surface area contributed by atoms with Crippen LogP contribution in [-0.4, -0.2) is 48.3 Å². The van der Waals surface area contributed by atoms with Crippen molar-refractivity contribution in [3.05, 3.63) is 29.3 Å². The zero-order chi connectivity index (χ0) is 17.1. The second-order valence-electron chi connectivity index (χ2n) is 6.16. The third-order valence-electron chi connectivity index (χ3n) is 4.68. The molecule has 3 rings (SSSR count). The van der Waals surface area contributed by atoms with Gasteiger partial charge in [0.25, 0.3) is 5.91 Å². The molecule has 1 aromatic rings. The molecule has 1 unspecified atom stereocenters. The Morgan fingerprint density at radius 2 is 2.17 bits per heavy atom. The summed E-state index contributed by atoms with van der Waals surface area (Å²) < 4.78 is 11.2. The van der Waals surface area contributed by atoms with Crippen LogP contribution in [0.2, 0.25) is 0 Å². The number of carbonyl (C=O) groups excluding carboxylic acids is 2. The van der Waals surface area contributed by atoms with Crippen molar-refractivity contribution in [3.8, 4) is 5.75 Å². The standard InChI is InChI=1S/C17H22N2O5/c1-11-14-5-4-12(16(20)18-22)9-15(14)24-8-6-19(11)17(21)13-3-2-7-23-10-13/h4-5,9,11,13,22H,2-3,6-8,10H2,1H3,(H,18,20)/t11?,13-/m0/s1. The van der Waals surface area contributed by atoms with E-state index >= 15 is 0 Å². The van der Waals surface area contributed by atoms with Gasteiger partial charge < -0.3 is 14.4 Å². The van der Waals surface area contributed by atoms with Crippen LogP contribution in [-0.2, 0) is 9.53 Å². The molecule has 130 valence electrons. The number of nitrogens with one attached hydrogen (secondary N) is 1. The summed E-state index contributed by atoms with van der Waals surface area (Å²) in [6.07, 6.45) is 1.76. The summed E-state index contributed by atoms with van der Waals surface area (Å²) >= 11 is 0. The first-order valence-electron chi connectivity index (χ1n) is 8.21. The zero-order valence-corrected chi connectivity index (χ0v) is 13.7. The summed E-state index contributed by atoms with van der Waals surface area (Å²) in [4.78, 5) is 26.2. The second kappa shape index (κ2) is 7.19. The van der Waals surface area contributed by atoms with Crippen LogP contribution in [0.5, 0.6) is 5.75 Å². The van der Waals surface area contributed by atoms with Gasteiger partial charge in [-0.15, -0.1) is 0 Å². The summed E-state index contributed by atoms with van der Waals surface area (Å²) in [5.74, 6) is -0.0256. The van der Waals surface area contributed by atoms with E-state index in [1.165, 1.54) is 0 Å². The van der Waals surface area contributed by atoms with Crippen LogP contribution in [0, 0.1) is 5.92 Å². The number of fused-ring (bicyclic) bond motifs is 1. The van der Waals surface area contributed by atoms with Crippen LogP contribution in [0.4, 0.5) is 0 Å². The molecular formula is C17H22N2O5. The Labute approximate surface area is 140 Å². The number of ether oxygens (including phenoxy) is 2. The van der Waals surface area contributed by atoms with Gasteiger partial charge in [-0.05, 0) is 31.9 Å². The Morgan fingerprint density at radius 1 is 1.33 bits per heavy atom. The van der Waals surface area contributed by atoms with Gasteiger partial charge in [-0.1, -0.05) is 6.07 Å². The van der Waals surface area contributed by atoms with E-state index in [-0.39, 0.29) is 17.9 Å². The van der Waals surface area contributed by atoms with E-state index in [9.17, 15) is 9.59 Å². The molecule has 2 N–H and O–H groups in total. The summed E-state index contributed by atoms with van der Waals surface area (Å²) in [6.45, 7) is 4.01. The third-order valence-corrected chi connectivity index (χ3v) is 4.68. The molecule has 2 amide bonds. The van der Waals surface area contributed by atoms with E-state index in [2.05, 4.69) is 0 Å². The minimum atomic E-state index is -0.592. The number of nitrogens with zero attached hydrogens (tertiary/aromatic N) is 1. The van der Waals surface area contributed by atoms with Gasteiger partial charge in [-0.25, -0.2) is 5.48 Å². The lowest BCUT2D eigenvalue weighted by Crippen LogP contribution is -2.41. The number of hydrogen-bond donors (Lipinski definition) is 2. The summed E-state index contributed by atoms with van der Waals surface area (Å²) in [7, 11) is 0. The Bertz CT molecular complexity index is 627. The van der Waals surface area contributed by atoms with Gasteiger partial charge in [0.1, 0.15) is 12.4 Å². The highest BCUT2D eigenvalue weighted by Gasteiger charge is 2.32. The summed E-state index contributed by atoms with van der Waals surface area (Å²) in [5.41, 5.74) is 2.77. The molecule has 2 aliphatic rings. The van der Waals surface area contributed by atoms with Crippen LogP contribution in [0.15, 0.2) is 18.2 Å². The third kappa shape index (κ3) is 3.22. The van der Waals surface area contributed by atoms with E-state index in [1.807, 2.05) is 11.8 Å². The molecule has 0 saturated carbocycles. The SMILES string of the molecule is CC1c2ccc(C(=O)NO)cc2OCCN1C(=O)[C@H]1CCCOC1. The van der Waals surface area contributed by atoms with E-state index in [1.54, 1.807) is 23.7 Å². The van der Waals surface area contributed by atoms with Crippen LogP contribution in [0.3, 0.4) is 0 Å². The van der Waals surface area contributed by atoms with E-state index in [4.69, 9.17) is 14.7 Å². The van der Waals surface area contributed by atoms with Crippen LogP contribution in [0.25, 0.3) is 0 Å². The Balaban J connectivity index is 1.83. The quantitative estimate of drug-likeness (QED) is 0.632. The molecular weight excluding hydrogens is 312 g/mol. The maximum Gasteiger partial charge on any atom is 0.274 e. The molecule has 2 heterocycles. The predicted octanol–water partition coefficient (Wildman–Crippen LogP) is 1.51. The first-order valence-corrected chi connectivity index (χ1v) is 8.21. The summed E-state index contributed by atoms with van der Waals surface area (Å²) in [5, 5.41) is 8.75. The lowest BCUT2D eigenvalue weighted by molar-refractivity contribution is -0.142. The molecule has 2 atom stereocenters. The maximum absolute atomic E-state index is 12.8. The van der Waals surface area contributed by atoms with Crippen molar-refractivity contribution in [2.45, 2.75) is 25.8 Å². The lowest BCUT2D eigenvalue weighted by Gasteiger charge is -2.32. The number of amides is 2. The van der Waals surface area contributed by atoms with Crippen molar-refractivity contribution in [3.63, 3.8) is 0 Å². The van der Waals surface area contributed by atoms with Gasteiger partial charge in [0.15, 0.2) is 0 Å². The predicted molar refractivity (Wildman–Crippen MR) is 84.9 cm³/mol. The minimum absolute atomic E-state index is 0.0934. The highest BCUT2D eigenvalue weighted by molar-refractivity contribution is 5.94. The molecule has 7 nitrogen and oxygen atoms in total. The highest BCUT2D eigenvalue weighted by atomic mass is 16.5.